The summed E-state index contributed by atoms with van der Waals surface area (Å²) < 4.78 is 9.72. The Hall–Kier alpha value is -3.34. The zero-order valence-electron chi connectivity index (χ0n) is 13.1. The number of methoxy groups -OCH3 is 1. The van der Waals surface area contributed by atoms with Gasteiger partial charge in [-0.25, -0.2) is 4.79 Å². The second kappa shape index (κ2) is 7.28. The number of hydrogen-bond donors (Lipinski definition) is 1. The quantitative estimate of drug-likeness (QED) is 0.713. The fraction of sp³-hybridized carbons (Fsp3) is 0.0526. The lowest BCUT2D eigenvalue weighted by Gasteiger charge is -2.07. The van der Waals surface area contributed by atoms with Crippen molar-refractivity contribution in [2.75, 3.05) is 12.4 Å². The van der Waals surface area contributed by atoms with Crippen LogP contribution in [0, 0.1) is 0 Å². The molecule has 3 aromatic rings. The molecule has 0 saturated heterocycles. The SMILES string of the molecule is COC(=O)c1ccc(-c2ccon2)cc1C=CNc1ccccc1. The third-order valence-corrected chi connectivity index (χ3v) is 3.48. The minimum Gasteiger partial charge on any atom is -0.465 e. The highest BCUT2D eigenvalue weighted by atomic mass is 16.5. The Morgan fingerprint density at radius 2 is 2.00 bits per heavy atom. The average molecular weight is 320 g/mol. The minimum absolute atomic E-state index is 0.388. The topological polar surface area (TPSA) is 64.4 Å². The molecule has 0 spiro atoms. The molecule has 0 atom stereocenters. The number of benzene rings is 2. The van der Waals surface area contributed by atoms with Crippen molar-refractivity contribution in [2.24, 2.45) is 0 Å². The highest BCUT2D eigenvalue weighted by molar-refractivity contribution is 5.94. The van der Waals surface area contributed by atoms with Gasteiger partial charge in [-0.3, -0.25) is 0 Å². The maximum atomic E-state index is 12.0. The van der Waals surface area contributed by atoms with E-state index in [0.717, 1.165) is 16.8 Å². The van der Waals surface area contributed by atoms with Crippen LogP contribution in [0.4, 0.5) is 5.69 Å². The minimum atomic E-state index is -0.388. The fourth-order valence-corrected chi connectivity index (χ4v) is 2.28. The molecule has 5 heteroatoms. The van der Waals surface area contributed by atoms with Gasteiger partial charge in [0.25, 0.3) is 0 Å². The van der Waals surface area contributed by atoms with Gasteiger partial charge < -0.3 is 14.6 Å². The molecule has 1 N–H and O–H groups in total. The molecule has 0 saturated carbocycles. The average Bonchev–Trinajstić information content (AvgIpc) is 3.16. The van der Waals surface area contributed by atoms with Crippen LogP contribution < -0.4 is 5.32 Å². The molecule has 0 unspecified atom stereocenters. The molecular weight excluding hydrogens is 304 g/mol. The highest BCUT2D eigenvalue weighted by Crippen LogP contribution is 2.23. The summed E-state index contributed by atoms with van der Waals surface area (Å²) in [5.41, 5.74) is 3.73. The predicted octanol–water partition coefficient (Wildman–Crippen LogP) is 4.21. The van der Waals surface area contributed by atoms with Gasteiger partial charge in [-0.2, -0.15) is 0 Å². The van der Waals surface area contributed by atoms with Crippen LogP contribution in [-0.4, -0.2) is 18.2 Å². The number of anilines is 1. The van der Waals surface area contributed by atoms with Crippen LogP contribution in [0.2, 0.25) is 0 Å². The summed E-state index contributed by atoms with van der Waals surface area (Å²) in [6.45, 7) is 0. The normalized spacial score (nSPS) is 10.7. The smallest absolute Gasteiger partial charge is 0.338 e. The van der Waals surface area contributed by atoms with Crippen LogP contribution in [0.15, 0.2) is 71.6 Å². The van der Waals surface area contributed by atoms with E-state index in [1.807, 2.05) is 48.5 Å². The molecule has 1 aromatic heterocycles. The van der Waals surface area contributed by atoms with E-state index >= 15 is 0 Å². The van der Waals surface area contributed by atoms with Crippen molar-refractivity contribution in [1.82, 2.24) is 5.16 Å². The molecule has 120 valence electrons. The van der Waals surface area contributed by atoms with Crippen LogP contribution in [0.3, 0.4) is 0 Å². The molecule has 2 aromatic carbocycles. The molecule has 5 nitrogen and oxygen atoms in total. The summed E-state index contributed by atoms with van der Waals surface area (Å²) in [6, 6.07) is 16.9. The number of nitrogens with zero attached hydrogens (tertiary/aromatic N) is 1. The third kappa shape index (κ3) is 3.52. The van der Waals surface area contributed by atoms with E-state index < -0.39 is 0 Å². The summed E-state index contributed by atoms with van der Waals surface area (Å²) in [4.78, 5) is 12.0. The van der Waals surface area contributed by atoms with Crippen molar-refractivity contribution < 1.29 is 14.1 Å². The number of rotatable bonds is 5. The number of ether oxygens (including phenoxy) is 1. The highest BCUT2D eigenvalue weighted by Gasteiger charge is 2.12. The van der Waals surface area contributed by atoms with Gasteiger partial charge in [-0.05, 0) is 35.9 Å². The van der Waals surface area contributed by atoms with E-state index in [2.05, 4.69) is 10.5 Å². The molecule has 0 fully saturated rings. The summed E-state index contributed by atoms with van der Waals surface area (Å²) >= 11 is 0. The Balaban J connectivity index is 1.90. The number of para-hydroxylation sites is 1. The van der Waals surface area contributed by atoms with Crippen LogP contribution in [0.25, 0.3) is 17.3 Å². The molecule has 3 rings (SSSR count). The zero-order chi connectivity index (χ0) is 16.8. The number of aromatic nitrogens is 1. The van der Waals surface area contributed by atoms with Crippen molar-refractivity contribution in [2.45, 2.75) is 0 Å². The molecular formula is C19H16N2O3. The number of esters is 1. The van der Waals surface area contributed by atoms with E-state index in [9.17, 15) is 4.79 Å². The fourth-order valence-electron chi connectivity index (χ4n) is 2.28. The van der Waals surface area contributed by atoms with Gasteiger partial charge in [-0.15, -0.1) is 0 Å². The van der Waals surface area contributed by atoms with E-state index in [1.54, 1.807) is 18.3 Å². The first kappa shape index (κ1) is 15.6. The van der Waals surface area contributed by atoms with Crippen molar-refractivity contribution >= 4 is 17.7 Å². The van der Waals surface area contributed by atoms with Gasteiger partial charge in [0.2, 0.25) is 0 Å². The van der Waals surface area contributed by atoms with Crippen molar-refractivity contribution in [3.63, 3.8) is 0 Å². The first-order valence-electron chi connectivity index (χ1n) is 7.39. The molecule has 24 heavy (non-hydrogen) atoms. The number of carbonyl (C=O) groups excluding carboxylic acids is 1. The van der Waals surface area contributed by atoms with Gasteiger partial charge in [-0.1, -0.05) is 29.4 Å². The Morgan fingerprint density at radius 1 is 1.17 bits per heavy atom. The lowest BCUT2D eigenvalue weighted by molar-refractivity contribution is 0.0600. The van der Waals surface area contributed by atoms with E-state index in [4.69, 9.17) is 9.26 Å². The van der Waals surface area contributed by atoms with Gasteiger partial charge >= 0.3 is 5.97 Å². The summed E-state index contributed by atoms with van der Waals surface area (Å²) in [5, 5.41) is 7.08. The Kier molecular flexibility index (Phi) is 4.72. The first-order chi connectivity index (χ1) is 11.8. The lowest BCUT2D eigenvalue weighted by Crippen LogP contribution is -2.04. The van der Waals surface area contributed by atoms with Crippen molar-refractivity contribution in [3.8, 4) is 11.3 Å². The largest absolute Gasteiger partial charge is 0.465 e. The summed E-state index contributed by atoms with van der Waals surface area (Å²) in [6.07, 6.45) is 5.11. The Morgan fingerprint density at radius 3 is 2.71 bits per heavy atom. The summed E-state index contributed by atoms with van der Waals surface area (Å²) in [7, 11) is 1.36. The predicted molar refractivity (Wildman–Crippen MR) is 92.4 cm³/mol. The van der Waals surface area contributed by atoms with Gasteiger partial charge in [0.05, 0.1) is 12.7 Å². The molecule has 0 radical (unpaired) electrons. The van der Waals surface area contributed by atoms with Crippen LogP contribution >= 0.6 is 0 Å². The van der Waals surface area contributed by atoms with Crippen LogP contribution in [0.5, 0.6) is 0 Å². The summed E-state index contributed by atoms with van der Waals surface area (Å²) in [5.74, 6) is -0.388. The van der Waals surface area contributed by atoms with Crippen LogP contribution in [-0.2, 0) is 4.74 Å². The molecule has 0 amide bonds. The van der Waals surface area contributed by atoms with Crippen molar-refractivity contribution in [1.29, 1.82) is 0 Å². The number of hydrogen-bond acceptors (Lipinski definition) is 5. The number of nitrogens with one attached hydrogen (secondary N) is 1. The zero-order valence-corrected chi connectivity index (χ0v) is 13.1. The molecule has 0 aliphatic carbocycles. The first-order valence-corrected chi connectivity index (χ1v) is 7.39. The molecule has 1 heterocycles. The molecule has 0 bridgehead atoms. The molecule has 0 aliphatic rings. The van der Waals surface area contributed by atoms with Gasteiger partial charge in [0.1, 0.15) is 12.0 Å². The van der Waals surface area contributed by atoms with Crippen molar-refractivity contribution in [3.05, 3.63) is 78.2 Å². The lowest BCUT2D eigenvalue weighted by atomic mass is 10.0. The Bertz CT molecular complexity index is 840. The monoisotopic (exact) mass is 320 g/mol. The second-order valence-electron chi connectivity index (χ2n) is 5.02. The number of carbonyl (C=O) groups is 1. The third-order valence-electron chi connectivity index (χ3n) is 3.48. The van der Waals surface area contributed by atoms with E-state index in [0.29, 0.717) is 11.3 Å². The van der Waals surface area contributed by atoms with Gasteiger partial charge in [0, 0.05) is 23.5 Å². The maximum Gasteiger partial charge on any atom is 0.338 e. The van der Waals surface area contributed by atoms with Gasteiger partial charge in [0.15, 0.2) is 0 Å². The second-order valence-corrected chi connectivity index (χ2v) is 5.02. The molecule has 0 aliphatic heterocycles. The standard InChI is InChI=1S/C19H16N2O3/c1-23-19(22)17-8-7-15(18-10-12-24-21-18)13-14(17)9-11-20-16-5-3-2-4-6-16/h2-13,20H,1H3. The van der Waals surface area contributed by atoms with E-state index in [1.165, 1.54) is 13.4 Å². The van der Waals surface area contributed by atoms with Crippen LogP contribution in [0.1, 0.15) is 15.9 Å². The maximum absolute atomic E-state index is 12.0. The van der Waals surface area contributed by atoms with E-state index in [-0.39, 0.29) is 5.97 Å². The Labute approximate surface area is 139 Å².